The molecule has 0 aliphatic carbocycles. The van der Waals surface area contributed by atoms with Gasteiger partial charge in [0.25, 0.3) is 11.1 Å². The highest BCUT2D eigenvalue weighted by Gasteiger charge is 2.37. The maximum atomic E-state index is 13.1. The largest absolute Gasteiger partial charge is 0.493 e. The molecule has 3 aromatic carbocycles. The molecular formula is C29H24BrIN2O5S. The lowest BCUT2D eigenvalue weighted by molar-refractivity contribution is -0.136. The van der Waals surface area contributed by atoms with Gasteiger partial charge >= 0.3 is 0 Å². The molecule has 0 N–H and O–H groups in total. The number of ether oxygens (including phenoxy) is 2. The van der Waals surface area contributed by atoms with Crippen molar-refractivity contribution in [2.24, 2.45) is 0 Å². The summed E-state index contributed by atoms with van der Waals surface area (Å²) in [5.41, 5.74) is 4.03. The summed E-state index contributed by atoms with van der Waals surface area (Å²) < 4.78 is 13.4. The van der Waals surface area contributed by atoms with Crippen LogP contribution in [0.3, 0.4) is 0 Å². The van der Waals surface area contributed by atoms with Crippen LogP contribution in [0.25, 0.3) is 6.08 Å². The first kappa shape index (κ1) is 27.7. The average Bonchev–Trinajstić information content (AvgIpc) is 3.19. The third-order valence-corrected chi connectivity index (χ3v) is 8.73. The fourth-order valence-electron chi connectivity index (χ4n) is 4.43. The molecule has 2 heterocycles. The first-order valence-corrected chi connectivity index (χ1v) is 14.9. The number of nitrogens with zero attached hydrogens (tertiary/aromatic N) is 2. The molecule has 0 aromatic heterocycles. The highest BCUT2D eigenvalue weighted by atomic mass is 127. The summed E-state index contributed by atoms with van der Waals surface area (Å²) in [7, 11) is 1.56. The molecule has 1 fully saturated rings. The molecule has 0 spiro atoms. The Bertz CT molecular complexity index is 1480. The van der Waals surface area contributed by atoms with Crippen LogP contribution in [0.15, 0.2) is 70.0 Å². The molecule has 0 unspecified atom stereocenters. The standard InChI is InChI=1S/C29H24BrIN2O5S/c1-37-24-13-19(12-23(31)27(24)38-17-18-6-8-22(30)9-7-18)14-25-28(35)33(29(36)39-25)16-26(34)32-11-10-20-4-2-3-5-21(20)15-32/h2-9,12-14H,10-11,15-17H2,1H3/b25-14-. The lowest BCUT2D eigenvalue weighted by Gasteiger charge is -2.29. The molecule has 0 radical (unpaired) electrons. The second-order valence-corrected chi connectivity index (χ2v) is 12.1. The fourth-order valence-corrected chi connectivity index (χ4v) is 6.31. The molecule has 3 amide bonds. The fraction of sp³-hybridized carbons (Fsp3) is 0.207. The monoisotopic (exact) mass is 718 g/mol. The Hall–Kier alpha value is -2.83. The minimum absolute atomic E-state index is 0.239. The summed E-state index contributed by atoms with van der Waals surface area (Å²) in [6.45, 7) is 1.15. The SMILES string of the molecule is COc1cc(/C=C2\SC(=O)N(CC(=O)N3CCc4ccccc4C3)C2=O)cc(I)c1OCc1ccc(Br)cc1. The van der Waals surface area contributed by atoms with Crippen LogP contribution < -0.4 is 9.47 Å². The van der Waals surface area contributed by atoms with E-state index in [1.165, 1.54) is 5.56 Å². The molecule has 0 atom stereocenters. The number of carbonyl (C=O) groups excluding carboxylic acids is 3. The Kier molecular flexibility index (Phi) is 8.63. The molecule has 200 valence electrons. The predicted molar refractivity (Wildman–Crippen MR) is 162 cm³/mol. The number of rotatable bonds is 7. The van der Waals surface area contributed by atoms with Crippen LogP contribution in [0.5, 0.6) is 11.5 Å². The molecule has 10 heteroatoms. The van der Waals surface area contributed by atoms with E-state index in [9.17, 15) is 14.4 Å². The summed E-state index contributed by atoms with van der Waals surface area (Å²) >= 11 is 6.43. The number of thioether (sulfide) groups is 1. The molecule has 0 bridgehead atoms. The number of fused-ring (bicyclic) bond motifs is 1. The summed E-state index contributed by atoms with van der Waals surface area (Å²) in [6, 6.07) is 19.5. The molecule has 2 aliphatic rings. The highest BCUT2D eigenvalue weighted by Crippen LogP contribution is 2.38. The number of imide groups is 1. The molecule has 1 saturated heterocycles. The van der Waals surface area contributed by atoms with Gasteiger partial charge in [-0.3, -0.25) is 19.3 Å². The summed E-state index contributed by atoms with van der Waals surface area (Å²) in [6.07, 6.45) is 2.41. The van der Waals surface area contributed by atoms with E-state index in [-0.39, 0.29) is 17.4 Å². The first-order chi connectivity index (χ1) is 18.8. The normalized spacial score (nSPS) is 16.0. The van der Waals surface area contributed by atoms with E-state index < -0.39 is 11.1 Å². The van der Waals surface area contributed by atoms with Crippen LogP contribution in [-0.2, 0) is 29.2 Å². The lowest BCUT2D eigenvalue weighted by atomic mass is 10.00. The van der Waals surface area contributed by atoms with Gasteiger partial charge in [-0.25, -0.2) is 0 Å². The predicted octanol–water partition coefficient (Wildman–Crippen LogP) is 6.26. The van der Waals surface area contributed by atoms with Crippen molar-refractivity contribution in [2.45, 2.75) is 19.6 Å². The van der Waals surface area contributed by atoms with Crippen LogP contribution in [0.1, 0.15) is 22.3 Å². The van der Waals surface area contributed by atoms with Crippen molar-refractivity contribution in [3.8, 4) is 11.5 Å². The Morgan fingerprint density at radius 2 is 1.85 bits per heavy atom. The highest BCUT2D eigenvalue weighted by molar-refractivity contribution is 14.1. The third-order valence-electron chi connectivity index (χ3n) is 6.50. The van der Waals surface area contributed by atoms with Gasteiger partial charge in [0, 0.05) is 17.6 Å². The van der Waals surface area contributed by atoms with Crippen LogP contribution in [0, 0.1) is 3.57 Å². The second kappa shape index (κ2) is 12.1. The third kappa shape index (κ3) is 6.33. The molecule has 7 nitrogen and oxygen atoms in total. The Morgan fingerprint density at radius 1 is 1.10 bits per heavy atom. The maximum Gasteiger partial charge on any atom is 0.294 e. The van der Waals surface area contributed by atoms with Gasteiger partial charge in [0.1, 0.15) is 13.2 Å². The van der Waals surface area contributed by atoms with Crippen molar-refractivity contribution in [3.63, 3.8) is 0 Å². The number of carbonyl (C=O) groups is 3. The van der Waals surface area contributed by atoms with Gasteiger partial charge in [-0.15, -0.1) is 0 Å². The van der Waals surface area contributed by atoms with E-state index in [0.29, 0.717) is 36.8 Å². The van der Waals surface area contributed by atoms with Gasteiger partial charge < -0.3 is 14.4 Å². The maximum absolute atomic E-state index is 13.1. The van der Waals surface area contributed by atoms with Crippen molar-refractivity contribution in [1.29, 1.82) is 0 Å². The minimum atomic E-state index is -0.472. The zero-order valence-corrected chi connectivity index (χ0v) is 25.5. The van der Waals surface area contributed by atoms with Gasteiger partial charge in [0.2, 0.25) is 5.91 Å². The number of hydrogen-bond acceptors (Lipinski definition) is 6. The van der Waals surface area contributed by atoms with Crippen LogP contribution >= 0.6 is 50.3 Å². The topological polar surface area (TPSA) is 76.2 Å². The zero-order chi connectivity index (χ0) is 27.5. The van der Waals surface area contributed by atoms with Crippen molar-refractivity contribution in [2.75, 3.05) is 20.2 Å². The van der Waals surface area contributed by atoms with E-state index in [1.54, 1.807) is 24.2 Å². The molecule has 0 saturated carbocycles. The molecular weight excluding hydrogens is 695 g/mol. The van der Waals surface area contributed by atoms with Gasteiger partial charge in [-0.2, -0.15) is 0 Å². The number of methoxy groups -OCH3 is 1. The van der Waals surface area contributed by atoms with E-state index in [4.69, 9.17) is 9.47 Å². The van der Waals surface area contributed by atoms with E-state index in [0.717, 1.165) is 42.3 Å². The van der Waals surface area contributed by atoms with Crippen molar-refractivity contribution < 1.29 is 23.9 Å². The van der Waals surface area contributed by atoms with E-state index in [2.05, 4.69) is 44.6 Å². The second-order valence-electron chi connectivity index (χ2n) is 9.05. The lowest BCUT2D eigenvalue weighted by Crippen LogP contribution is -2.44. The van der Waals surface area contributed by atoms with Crippen molar-refractivity contribution in [1.82, 2.24) is 9.80 Å². The molecule has 39 heavy (non-hydrogen) atoms. The van der Waals surface area contributed by atoms with Gasteiger partial charge in [0.05, 0.1) is 15.6 Å². The van der Waals surface area contributed by atoms with Crippen LogP contribution in [0.2, 0.25) is 0 Å². The van der Waals surface area contributed by atoms with Crippen LogP contribution in [-0.4, -0.2) is 47.1 Å². The number of hydrogen-bond donors (Lipinski definition) is 0. The number of halogens is 2. The summed E-state index contributed by atoms with van der Waals surface area (Å²) in [5.74, 6) is 0.405. The van der Waals surface area contributed by atoms with Gasteiger partial charge in [-0.1, -0.05) is 52.3 Å². The summed E-state index contributed by atoms with van der Waals surface area (Å²) in [4.78, 5) is 41.8. The molecule has 3 aromatic rings. The zero-order valence-electron chi connectivity index (χ0n) is 21.0. The Labute approximate surface area is 252 Å². The minimum Gasteiger partial charge on any atom is -0.493 e. The Balaban J connectivity index is 1.27. The smallest absolute Gasteiger partial charge is 0.294 e. The van der Waals surface area contributed by atoms with E-state index in [1.807, 2.05) is 48.5 Å². The summed E-state index contributed by atoms with van der Waals surface area (Å²) in [5, 5.41) is -0.451. The number of amides is 3. The van der Waals surface area contributed by atoms with Gasteiger partial charge in [-0.05, 0) is 93.4 Å². The van der Waals surface area contributed by atoms with Crippen molar-refractivity contribution >= 4 is 73.4 Å². The van der Waals surface area contributed by atoms with Crippen LogP contribution in [0.4, 0.5) is 4.79 Å². The molecule has 5 rings (SSSR count). The molecule has 2 aliphatic heterocycles. The van der Waals surface area contributed by atoms with E-state index >= 15 is 0 Å². The number of benzene rings is 3. The quantitative estimate of drug-likeness (QED) is 0.212. The average molecular weight is 719 g/mol. The first-order valence-electron chi connectivity index (χ1n) is 12.2. The van der Waals surface area contributed by atoms with Gasteiger partial charge in [0.15, 0.2) is 11.5 Å². The Morgan fingerprint density at radius 3 is 2.59 bits per heavy atom. The van der Waals surface area contributed by atoms with Crippen molar-refractivity contribution in [3.05, 3.63) is 95.9 Å².